The van der Waals surface area contributed by atoms with Crippen molar-refractivity contribution in [2.45, 2.75) is 19.3 Å². The first-order chi connectivity index (χ1) is 7.34. The molecule has 1 saturated heterocycles. The summed E-state index contributed by atoms with van der Waals surface area (Å²) in [5, 5.41) is 3.31. The van der Waals surface area contributed by atoms with Crippen LogP contribution >= 0.6 is 0 Å². The van der Waals surface area contributed by atoms with Crippen molar-refractivity contribution in [1.82, 2.24) is 10.2 Å². The molecule has 0 aromatic carbocycles. The summed E-state index contributed by atoms with van der Waals surface area (Å²) >= 11 is 0. The van der Waals surface area contributed by atoms with E-state index in [0.717, 1.165) is 31.6 Å². The highest BCUT2D eigenvalue weighted by Crippen LogP contribution is 2.28. The number of rotatable bonds is 8. The van der Waals surface area contributed by atoms with Gasteiger partial charge >= 0.3 is 0 Å². The Morgan fingerprint density at radius 1 is 1.20 bits per heavy atom. The molecule has 3 nitrogen and oxygen atoms in total. The number of ether oxygens (including phenoxy) is 1. The van der Waals surface area contributed by atoms with Crippen LogP contribution in [0.15, 0.2) is 0 Å². The number of nitrogens with zero attached hydrogens (tertiary/aromatic N) is 1. The average molecular weight is 212 g/mol. The van der Waals surface area contributed by atoms with Gasteiger partial charge in [0.05, 0.1) is 6.61 Å². The molecule has 2 aliphatic rings. The Morgan fingerprint density at radius 2 is 2.00 bits per heavy atom. The van der Waals surface area contributed by atoms with Crippen molar-refractivity contribution >= 4 is 0 Å². The molecule has 0 atom stereocenters. The van der Waals surface area contributed by atoms with Crippen LogP contribution in [0, 0.1) is 11.8 Å². The Kier molecular flexibility index (Phi) is 4.42. The maximum Gasteiger partial charge on any atom is 0.0593 e. The molecule has 0 aromatic rings. The monoisotopic (exact) mass is 212 g/mol. The molecule has 0 aromatic heterocycles. The standard InChI is InChI=1S/C12H24N2O/c1-14(5-4-12-8-13-9-12)6-7-15-10-11-2-3-11/h11-13H,2-10H2,1H3. The zero-order valence-corrected chi connectivity index (χ0v) is 9.87. The number of hydrogen-bond donors (Lipinski definition) is 1. The first-order valence-electron chi connectivity index (χ1n) is 6.31. The Balaban J connectivity index is 1.39. The van der Waals surface area contributed by atoms with Gasteiger partial charge in [-0.1, -0.05) is 0 Å². The SMILES string of the molecule is CN(CCOCC1CC1)CCC1CNC1. The first kappa shape index (κ1) is 11.4. The van der Waals surface area contributed by atoms with Crippen molar-refractivity contribution < 1.29 is 4.74 Å². The molecular weight excluding hydrogens is 188 g/mol. The van der Waals surface area contributed by atoms with Crippen molar-refractivity contribution in [2.24, 2.45) is 11.8 Å². The number of nitrogens with one attached hydrogen (secondary N) is 1. The van der Waals surface area contributed by atoms with Crippen LogP contribution in [0.25, 0.3) is 0 Å². The molecule has 2 fully saturated rings. The van der Waals surface area contributed by atoms with E-state index in [9.17, 15) is 0 Å². The van der Waals surface area contributed by atoms with E-state index >= 15 is 0 Å². The van der Waals surface area contributed by atoms with Gasteiger partial charge in [-0.25, -0.2) is 0 Å². The van der Waals surface area contributed by atoms with Crippen molar-refractivity contribution in [3.8, 4) is 0 Å². The normalized spacial score (nSPS) is 22.0. The number of likely N-dealkylation sites (N-methyl/N-ethyl adjacent to an activating group) is 1. The van der Waals surface area contributed by atoms with Gasteiger partial charge in [0.1, 0.15) is 0 Å². The Labute approximate surface area is 93.2 Å². The van der Waals surface area contributed by atoms with E-state index < -0.39 is 0 Å². The molecule has 88 valence electrons. The Bertz CT molecular complexity index is 178. The molecule has 0 bridgehead atoms. The largest absolute Gasteiger partial charge is 0.380 e. The lowest BCUT2D eigenvalue weighted by Crippen LogP contribution is -2.43. The zero-order chi connectivity index (χ0) is 10.5. The molecule has 0 radical (unpaired) electrons. The van der Waals surface area contributed by atoms with Gasteiger partial charge in [-0.15, -0.1) is 0 Å². The maximum atomic E-state index is 5.62. The smallest absolute Gasteiger partial charge is 0.0593 e. The zero-order valence-electron chi connectivity index (χ0n) is 9.87. The molecular formula is C12H24N2O. The molecule has 1 heterocycles. The second kappa shape index (κ2) is 5.83. The Morgan fingerprint density at radius 3 is 2.60 bits per heavy atom. The van der Waals surface area contributed by atoms with E-state index in [1.165, 1.54) is 38.9 Å². The summed E-state index contributed by atoms with van der Waals surface area (Å²) in [7, 11) is 2.20. The Hall–Kier alpha value is -0.120. The van der Waals surface area contributed by atoms with Crippen LogP contribution in [0.3, 0.4) is 0 Å². The molecule has 15 heavy (non-hydrogen) atoms. The quantitative estimate of drug-likeness (QED) is 0.606. The average Bonchev–Trinajstić information content (AvgIpc) is 2.93. The van der Waals surface area contributed by atoms with Gasteiger partial charge in [-0.3, -0.25) is 0 Å². The lowest BCUT2D eigenvalue weighted by molar-refractivity contribution is 0.101. The second-order valence-electron chi connectivity index (χ2n) is 5.13. The number of hydrogen-bond acceptors (Lipinski definition) is 3. The summed E-state index contributed by atoms with van der Waals surface area (Å²) < 4.78 is 5.62. The van der Waals surface area contributed by atoms with E-state index in [-0.39, 0.29) is 0 Å². The van der Waals surface area contributed by atoms with E-state index in [2.05, 4.69) is 17.3 Å². The van der Waals surface area contributed by atoms with Crippen molar-refractivity contribution in [1.29, 1.82) is 0 Å². The predicted octanol–water partition coefficient (Wildman–Crippen LogP) is 0.954. The lowest BCUT2D eigenvalue weighted by Gasteiger charge is -2.28. The third kappa shape index (κ3) is 4.49. The predicted molar refractivity (Wildman–Crippen MR) is 62.0 cm³/mol. The minimum atomic E-state index is 0.899. The highest BCUT2D eigenvalue weighted by atomic mass is 16.5. The summed E-state index contributed by atoms with van der Waals surface area (Å²) in [6.45, 7) is 6.68. The fourth-order valence-electron chi connectivity index (χ4n) is 1.82. The van der Waals surface area contributed by atoms with Crippen LogP contribution in [0.1, 0.15) is 19.3 Å². The van der Waals surface area contributed by atoms with Crippen molar-refractivity contribution in [2.75, 3.05) is 46.4 Å². The van der Waals surface area contributed by atoms with Gasteiger partial charge in [-0.2, -0.15) is 0 Å². The molecule has 0 amide bonds. The van der Waals surface area contributed by atoms with E-state index in [1.807, 2.05) is 0 Å². The minimum absolute atomic E-state index is 0.899. The van der Waals surface area contributed by atoms with Crippen LogP contribution in [-0.2, 0) is 4.74 Å². The molecule has 0 unspecified atom stereocenters. The van der Waals surface area contributed by atoms with Crippen LogP contribution in [0.4, 0.5) is 0 Å². The summed E-state index contributed by atoms with van der Waals surface area (Å²) in [4.78, 5) is 2.39. The summed E-state index contributed by atoms with van der Waals surface area (Å²) in [5.74, 6) is 1.83. The molecule has 0 spiro atoms. The van der Waals surface area contributed by atoms with Gasteiger partial charge in [0.15, 0.2) is 0 Å². The van der Waals surface area contributed by atoms with Gasteiger partial charge < -0.3 is 15.0 Å². The molecule has 1 aliphatic carbocycles. The third-order valence-corrected chi connectivity index (χ3v) is 3.45. The van der Waals surface area contributed by atoms with Crippen molar-refractivity contribution in [3.63, 3.8) is 0 Å². The molecule has 1 aliphatic heterocycles. The van der Waals surface area contributed by atoms with Gasteiger partial charge in [0.25, 0.3) is 0 Å². The van der Waals surface area contributed by atoms with Gasteiger partial charge in [0.2, 0.25) is 0 Å². The van der Waals surface area contributed by atoms with Crippen LogP contribution in [0.2, 0.25) is 0 Å². The fourth-order valence-corrected chi connectivity index (χ4v) is 1.82. The van der Waals surface area contributed by atoms with Gasteiger partial charge in [-0.05, 0) is 57.8 Å². The lowest BCUT2D eigenvalue weighted by atomic mass is 9.99. The van der Waals surface area contributed by atoms with Gasteiger partial charge in [0, 0.05) is 13.2 Å². The van der Waals surface area contributed by atoms with Crippen LogP contribution in [0.5, 0.6) is 0 Å². The fraction of sp³-hybridized carbons (Fsp3) is 1.00. The molecule has 2 rings (SSSR count). The topological polar surface area (TPSA) is 24.5 Å². The summed E-state index contributed by atoms with van der Waals surface area (Å²) in [5.41, 5.74) is 0. The molecule has 1 N–H and O–H groups in total. The third-order valence-electron chi connectivity index (χ3n) is 3.45. The highest BCUT2D eigenvalue weighted by molar-refractivity contribution is 4.75. The van der Waals surface area contributed by atoms with E-state index in [0.29, 0.717) is 0 Å². The van der Waals surface area contributed by atoms with E-state index in [1.54, 1.807) is 0 Å². The minimum Gasteiger partial charge on any atom is -0.380 e. The molecule has 1 saturated carbocycles. The maximum absolute atomic E-state index is 5.62. The second-order valence-corrected chi connectivity index (χ2v) is 5.13. The van der Waals surface area contributed by atoms with Crippen LogP contribution in [-0.4, -0.2) is 51.3 Å². The van der Waals surface area contributed by atoms with Crippen LogP contribution < -0.4 is 5.32 Å². The van der Waals surface area contributed by atoms with Crippen molar-refractivity contribution in [3.05, 3.63) is 0 Å². The first-order valence-corrected chi connectivity index (χ1v) is 6.31. The molecule has 3 heteroatoms. The highest BCUT2D eigenvalue weighted by Gasteiger charge is 2.21. The summed E-state index contributed by atoms with van der Waals surface area (Å²) in [6.07, 6.45) is 4.13. The summed E-state index contributed by atoms with van der Waals surface area (Å²) in [6, 6.07) is 0. The van der Waals surface area contributed by atoms with E-state index in [4.69, 9.17) is 4.74 Å².